The molecule has 1 aromatic heterocycles. The Balaban J connectivity index is 1.54. The van der Waals surface area contributed by atoms with Crippen molar-refractivity contribution in [1.29, 1.82) is 0 Å². The number of aromatic amines is 1. The van der Waals surface area contributed by atoms with Crippen molar-refractivity contribution < 1.29 is 9.53 Å². The number of ketones is 1. The van der Waals surface area contributed by atoms with Crippen LogP contribution in [-0.2, 0) is 0 Å². The van der Waals surface area contributed by atoms with Gasteiger partial charge in [0, 0.05) is 5.92 Å². The molecular weight excluding hydrogens is 276 g/mol. The highest BCUT2D eigenvalue weighted by Crippen LogP contribution is 2.49. The van der Waals surface area contributed by atoms with Crippen LogP contribution in [0, 0.1) is 5.92 Å². The van der Waals surface area contributed by atoms with Gasteiger partial charge in [-0.2, -0.15) is 0 Å². The summed E-state index contributed by atoms with van der Waals surface area (Å²) in [5.74, 6) is 1.75. The minimum atomic E-state index is 0.0361. The van der Waals surface area contributed by atoms with E-state index < -0.39 is 0 Å². The van der Waals surface area contributed by atoms with Crippen LogP contribution in [-0.4, -0.2) is 22.9 Å². The molecule has 3 aromatic rings. The van der Waals surface area contributed by atoms with E-state index in [4.69, 9.17) is 4.74 Å². The second-order valence-corrected chi connectivity index (χ2v) is 5.69. The van der Waals surface area contributed by atoms with Gasteiger partial charge in [-0.3, -0.25) is 4.79 Å². The second kappa shape index (κ2) is 4.98. The zero-order chi connectivity index (χ0) is 15.1. The Labute approximate surface area is 128 Å². The maximum absolute atomic E-state index is 12.6. The van der Waals surface area contributed by atoms with Gasteiger partial charge < -0.3 is 9.72 Å². The van der Waals surface area contributed by atoms with Gasteiger partial charge in [-0.1, -0.05) is 24.3 Å². The van der Waals surface area contributed by atoms with Gasteiger partial charge in [0.25, 0.3) is 0 Å². The summed E-state index contributed by atoms with van der Waals surface area (Å²) in [6, 6.07) is 15.7. The average Bonchev–Trinajstić information content (AvgIpc) is 3.25. The molecule has 0 aliphatic heterocycles. The normalized spacial score (nSPS) is 20.0. The van der Waals surface area contributed by atoms with Crippen molar-refractivity contribution in [2.45, 2.75) is 12.3 Å². The number of methoxy groups -OCH3 is 1. The molecule has 1 heterocycles. The van der Waals surface area contributed by atoms with Gasteiger partial charge in [0.15, 0.2) is 5.82 Å². The summed E-state index contributed by atoms with van der Waals surface area (Å²) in [7, 11) is 1.65. The van der Waals surface area contributed by atoms with Crippen LogP contribution in [0.1, 0.15) is 28.5 Å². The molecule has 0 bridgehead atoms. The number of benzene rings is 2. The summed E-state index contributed by atoms with van der Waals surface area (Å²) in [5.41, 5.74) is 2.94. The van der Waals surface area contributed by atoms with Crippen molar-refractivity contribution in [2.24, 2.45) is 5.92 Å². The molecule has 110 valence electrons. The molecule has 4 heteroatoms. The Bertz CT molecular complexity index is 803. The summed E-state index contributed by atoms with van der Waals surface area (Å²) >= 11 is 0. The van der Waals surface area contributed by atoms with Gasteiger partial charge in [0.05, 0.1) is 18.1 Å². The van der Waals surface area contributed by atoms with Crippen LogP contribution in [0.5, 0.6) is 5.75 Å². The van der Waals surface area contributed by atoms with Crippen molar-refractivity contribution in [2.75, 3.05) is 7.11 Å². The molecule has 0 amide bonds. The number of carbonyl (C=O) groups is 1. The molecule has 0 unspecified atom stereocenters. The molecule has 22 heavy (non-hydrogen) atoms. The number of para-hydroxylation sites is 2. The number of H-pyrrole nitrogens is 1. The largest absolute Gasteiger partial charge is 0.497 e. The highest BCUT2D eigenvalue weighted by molar-refractivity contribution is 5.99. The first kappa shape index (κ1) is 13.1. The van der Waals surface area contributed by atoms with Gasteiger partial charge in [-0.15, -0.1) is 0 Å². The number of imidazole rings is 1. The summed E-state index contributed by atoms with van der Waals surface area (Å²) in [4.78, 5) is 20.1. The maximum Gasteiger partial charge on any atom is 0.201 e. The van der Waals surface area contributed by atoms with Crippen LogP contribution in [0.3, 0.4) is 0 Å². The molecule has 1 fully saturated rings. The second-order valence-electron chi connectivity index (χ2n) is 5.69. The third kappa shape index (κ3) is 2.17. The first-order chi connectivity index (χ1) is 10.8. The molecule has 4 rings (SSSR count). The van der Waals surface area contributed by atoms with Crippen LogP contribution in [0.15, 0.2) is 48.5 Å². The van der Waals surface area contributed by atoms with E-state index in [1.807, 2.05) is 48.5 Å². The Morgan fingerprint density at radius 2 is 1.95 bits per heavy atom. The summed E-state index contributed by atoms with van der Waals surface area (Å²) < 4.78 is 5.16. The number of nitrogens with one attached hydrogen (secondary N) is 1. The quantitative estimate of drug-likeness (QED) is 0.748. The van der Waals surface area contributed by atoms with E-state index in [0.29, 0.717) is 11.7 Å². The van der Waals surface area contributed by atoms with Gasteiger partial charge in [0.1, 0.15) is 5.75 Å². The molecule has 1 N–H and O–H groups in total. The predicted octanol–water partition coefficient (Wildman–Crippen LogP) is 3.56. The topological polar surface area (TPSA) is 55.0 Å². The van der Waals surface area contributed by atoms with E-state index >= 15 is 0 Å². The zero-order valence-corrected chi connectivity index (χ0v) is 12.2. The van der Waals surface area contributed by atoms with Gasteiger partial charge in [-0.25, -0.2) is 4.98 Å². The number of hydrogen-bond acceptors (Lipinski definition) is 3. The molecule has 1 saturated carbocycles. The lowest BCUT2D eigenvalue weighted by Gasteiger charge is -2.02. The van der Waals surface area contributed by atoms with E-state index in [9.17, 15) is 4.79 Å². The maximum atomic E-state index is 12.6. The number of fused-ring (bicyclic) bond motifs is 1. The number of hydrogen-bond donors (Lipinski definition) is 1. The highest BCUT2D eigenvalue weighted by atomic mass is 16.5. The molecule has 0 spiro atoms. The van der Waals surface area contributed by atoms with E-state index in [2.05, 4.69) is 9.97 Å². The Morgan fingerprint density at radius 1 is 1.18 bits per heavy atom. The number of aromatic nitrogens is 2. The van der Waals surface area contributed by atoms with Gasteiger partial charge >= 0.3 is 0 Å². The van der Waals surface area contributed by atoms with E-state index in [1.165, 1.54) is 5.56 Å². The number of nitrogens with zero attached hydrogens (tertiary/aromatic N) is 1. The van der Waals surface area contributed by atoms with Gasteiger partial charge in [-0.05, 0) is 42.2 Å². The number of Topliss-reactive ketones (excluding diaryl/α,β-unsaturated/α-hetero) is 1. The minimum absolute atomic E-state index is 0.0361. The number of carbonyl (C=O) groups excluding carboxylic acids is 1. The molecule has 1 aliphatic rings. The summed E-state index contributed by atoms with van der Waals surface area (Å²) in [6.07, 6.45) is 0.891. The van der Waals surface area contributed by atoms with Crippen LogP contribution in [0.2, 0.25) is 0 Å². The van der Waals surface area contributed by atoms with E-state index in [0.717, 1.165) is 23.2 Å². The fourth-order valence-corrected chi connectivity index (χ4v) is 2.95. The standard InChI is InChI=1S/C18H16N2O2/c1-22-12-8-6-11(7-9-12)13-10-14(13)17(21)18-19-15-4-2-3-5-16(15)20-18/h2-9,13-14H,10H2,1H3,(H,19,20)/t13-,14-/m1/s1. The fraction of sp³-hybridized carbons (Fsp3) is 0.222. The summed E-state index contributed by atoms with van der Waals surface area (Å²) in [5, 5.41) is 0. The molecular formula is C18H16N2O2. The van der Waals surface area contributed by atoms with Crippen molar-refractivity contribution in [3.63, 3.8) is 0 Å². The lowest BCUT2D eigenvalue weighted by molar-refractivity contribution is 0.0956. The first-order valence-corrected chi connectivity index (χ1v) is 7.39. The first-order valence-electron chi connectivity index (χ1n) is 7.39. The van der Waals surface area contributed by atoms with Crippen molar-refractivity contribution in [3.8, 4) is 5.75 Å². The van der Waals surface area contributed by atoms with Crippen LogP contribution < -0.4 is 4.74 Å². The molecule has 4 nitrogen and oxygen atoms in total. The smallest absolute Gasteiger partial charge is 0.201 e. The van der Waals surface area contributed by atoms with Crippen molar-refractivity contribution in [3.05, 3.63) is 59.9 Å². The molecule has 2 atom stereocenters. The predicted molar refractivity (Wildman–Crippen MR) is 84.3 cm³/mol. The van der Waals surface area contributed by atoms with Crippen LogP contribution in [0.4, 0.5) is 0 Å². The van der Waals surface area contributed by atoms with E-state index in [1.54, 1.807) is 7.11 Å². The SMILES string of the molecule is COc1ccc([C@H]2C[C@H]2C(=O)c2nc3ccccc3[nH]2)cc1. The zero-order valence-electron chi connectivity index (χ0n) is 12.2. The Hall–Kier alpha value is -2.62. The fourth-order valence-electron chi connectivity index (χ4n) is 2.95. The van der Waals surface area contributed by atoms with E-state index in [-0.39, 0.29) is 11.7 Å². The lowest BCUT2D eigenvalue weighted by Crippen LogP contribution is -2.05. The Kier molecular flexibility index (Phi) is 2.96. The number of rotatable bonds is 4. The molecule has 0 saturated heterocycles. The van der Waals surface area contributed by atoms with Crippen LogP contribution >= 0.6 is 0 Å². The average molecular weight is 292 g/mol. The van der Waals surface area contributed by atoms with Gasteiger partial charge in [0.2, 0.25) is 5.78 Å². The lowest BCUT2D eigenvalue weighted by atomic mass is 10.1. The monoisotopic (exact) mass is 292 g/mol. The number of ether oxygens (including phenoxy) is 1. The minimum Gasteiger partial charge on any atom is -0.497 e. The third-order valence-corrected chi connectivity index (χ3v) is 4.29. The summed E-state index contributed by atoms with van der Waals surface area (Å²) in [6.45, 7) is 0. The van der Waals surface area contributed by atoms with Crippen LogP contribution in [0.25, 0.3) is 11.0 Å². The van der Waals surface area contributed by atoms with Crippen molar-refractivity contribution >= 4 is 16.8 Å². The third-order valence-electron chi connectivity index (χ3n) is 4.29. The van der Waals surface area contributed by atoms with Crippen molar-refractivity contribution in [1.82, 2.24) is 9.97 Å². The molecule has 0 radical (unpaired) electrons. The molecule has 1 aliphatic carbocycles. The molecule has 2 aromatic carbocycles. The highest BCUT2D eigenvalue weighted by Gasteiger charge is 2.45. The Morgan fingerprint density at radius 3 is 2.68 bits per heavy atom.